The molecule has 0 amide bonds. The number of nitriles is 1. The van der Waals surface area contributed by atoms with Crippen LogP contribution in [0.5, 0.6) is 0 Å². The summed E-state index contributed by atoms with van der Waals surface area (Å²) in [7, 11) is 0. The molecular formula is C23H15ClF3N7O2. The van der Waals surface area contributed by atoms with Gasteiger partial charge in [-0.15, -0.1) is 0 Å². The molecule has 1 aliphatic heterocycles. The average Bonchev–Trinajstić information content (AvgIpc) is 3.43. The van der Waals surface area contributed by atoms with Crippen molar-refractivity contribution in [2.24, 2.45) is 0 Å². The highest BCUT2D eigenvalue weighted by Crippen LogP contribution is 2.30. The van der Waals surface area contributed by atoms with Crippen LogP contribution in [-0.2, 0) is 26.1 Å². The number of hydrogen-bond acceptors (Lipinski definition) is 6. The van der Waals surface area contributed by atoms with Crippen molar-refractivity contribution in [2.75, 3.05) is 4.90 Å². The van der Waals surface area contributed by atoms with Gasteiger partial charge in [0.25, 0.3) is 5.56 Å². The highest BCUT2D eigenvalue weighted by molar-refractivity contribution is 6.30. The van der Waals surface area contributed by atoms with E-state index in [1.54, 1.807) is 11.1 Å². The quantitative estimate of drug-likeness (QED) is 0.411. The van der Waals surface area contributed by atoms with Gasteiger partial charge in [0.2, 0.25) is 0 Å². The Hall–Kier alpha value is -4.37. The average molecular weight is 514 g/mol. The summed E-state index contributed by atoms with van der Waals surface area (Å²) in [5.41, 5.74) is -0.0840. The normalized spacial score (nSPS) is 12.6. The summed E-state index contributed by atoms with van der Waals surface area (Å²) in [5, 5.41) is 16.5. The number of aromatic nitrogens is 5. The molecule has 3 aromatic heterocycles. The fraction of sp³-hybridized carbons (Fsp3) is 0.174. The molecule has 1 aromatic carbocycles. The summed E-state index contributed by atoms with van der Waals surface area (Å²) in [6.07, 6.45) is 3.81. The number of H-pyrrole nitrogens is 1. The lowest BCUT2D eigenvalue weighted by Crippen LogP contribution is -2.44. The summed E-state index contributed by atoms with van der Waals surface area (Å²) in [4.78, 5) is 32.9. The zero-order chi connectivity index (χ0) is 25.6. The molecule has 182 valence electrons. The number of rotatable bonds is 5. The van der Waals surface area contributed by atoms with Gasteiger partial charge in [0.15, 0.2) is 17.5 Å². The molecule has 36 heavy (non-hydrogen) atoms. The summed E-state index contributed by atoms with van der Waals surface area (Å²) in [5.74, 6) is -4.37. The zero-order valence-electron chi connectivity index (χ0n) is 18.3. The molecule has 0 aliphatic carbocycles. The van der Waals surface area contributed by atoms with Crippen LogP contribution < -0.4 is 16.1 Å². The number of halogens is 4. The summed E-state index contributed by atoms with van der Waals surface area (Å²) in [6.45, 7) is 0.0732. The zero-order valence-corrected chi connectivity index (χ0v) is 19.1. The number of fused-ring (bicyclic) bond motifs is 1. The minimum atomic E-state index is -1.64. The van der Waals surface area contributed by atoms with E-state index in [2.05, 4.69) is 15.2 Å². The lowest BCUT2D eigenvalue weighted by atomic mass is 10.0. The Balaban J connectivity index is 1.78. The monoisotopic (exact) mass is 513 g/mol. The summed E-state index contributed by atoms with van der Waals surface area (Å²) >= 11 is 6.02. The highest BCUT2D eigenvalue weighted by atomic mass is 35.5. The third kappa shape index (κ3) is 3.93. The van der Waals surface area contributed by atoms with Crippen molar-refractivity contribution in [1.82, 2.24) is 24.3 Å². The van der Waals surface area contributed by atoms with E-state index >= 15 is 0 Å². The standard InChI is InChI=1S/C23H15ClF3N7O2/c24-14-6-15(9-29-8-14)34-22(35)16(3-12-4-17(25)20(27)18(26)5-12)21(33(2-1-28)23(34)36)32-10-13-7-30-31-19(13)11-32/h4-9H,2-3,10-11H2,(H,30,31). The Morgan fingerprint density at radius 2 is 1.83 bits per heavy atom. The third-order valence-corrected chi connectivity index (χ3v) is 6.03. The summed E-state index contributed by atoms with van der Waals surface area (Å²) < 4.78 is 43.5. The van der Waals surface area contributed by atoms with E-state index in [1.807, 2.05) is 6.07 Å². The number of benzene rings is 1. The minimum absolute atomic E-state index is 0.0339. The first-order valence-corrected chi connectivity index (χ1v) is 10.9. The van der Waals surface area contributed by atoms with Crippen molar-refractivity contribution in [1.29, 1.82) is 5.26 Å². The molecule has 9 nitrogen and oxygen atoms in total. The van der Waals surface area contributed by atoms with Crippen molar-refractivity contribution in [3.63, 3.8) is 0 Å². The minimum Gasteiger partial charge on any atom is -0.347 e. The number of pyridine rings is 1. The van der Waals surface area contributed by atoms with Gasteiger partial charge in [0.1, 0.15) is 12.4 Å². The lowest BCUT2D eigenvalue weighted by Gasteiger charge is -2.26. The number of aromatic amines is 1. The van der Waals surface area contributed by atoms with Crippen LogP contribution in [0.15, 0.2) is 46.4 Å². The predicted molar refractivity (Wildman–Crippen MR) is 122 cm³/mol. The molecule has 1 N–H and O–H groups in total. The van der Waals surface area contributed by atoms with Crippen LogP contribution in [0.4, 0.5) is 19.0 Å². The molecule has 0 radical (unpaired) electrons. The van der Waals surface area contributed by atoms with Gasteiger partial charge >= 0.3 is 5.69 Å². The second-order valence-corrected chi connectivity index (χ2v) is 8.55. The van der Waals surface area contributed by atoms with Gasteiger partial charge in [-0.05, 0) is 23.8 Å². The first kappa shape index (κ1) is 23.4. The van der Waals surface area contributed by atoms with Crippen molar-refractivity contribution >= 4 is 17.4 Å². The number of nitrogens with zero attached hydrogens (tertiary/aromatic N) is 6. The van der Waals surface area contributed by atoms with E-state index in [4.69, 9.17) is 11.6 Å². The van der Waals surface area contributed by atoms with E-state index in [0.717, 1.165) is 32.5 Å². The van der Waals surface area contributed by atoms with Crippen LogP contribution in [-0.4, -0.2) is 24.3 Å². The first-order chi connectivity index (χ1) is 17.3. The van der Waals surface area contributed by atoms with E-state index in [0.29, 0.717) is 0 Å². The predicted octanol–water partition coefficient (Wildman–Crippen LogP) is 2.82. The maximum Gasteiger partial charge on any atom is 0.338 e. The third-order valence-electron chi connectivity index (χ3n) is 5.83. The highest BCUT2D eigenvalue weighted by Gasteiger charge is 2.30. The van der Waals surface area contributed by atoms with E-state index in [9.17, 15) is 28.0 Å². The number of hydrogen-bond donors (Lipinski definition) is 1. The Morgan fingerprint density at radius 3 is 2.50 bits per heavy atom. The second kappa shape index (κ2) is 9.01. The van der Waals surface area contributed by atoms with Crippen molar-refractivity contribution in [3.05, 3.63) is 102 Å². The number of anilines is 1. The van der Waals surface area contributed by atoms with E-state index in [-0.39, 0.29) is 47.2 Å². The van der Waals surface area contributed by atoms with Gasteiger partial charge < -0.3 is 4.90 Å². The molecular weight excluding hydrogens is 499 g/mol. The van der Waals surface area contributed by atoms with E-state index < -0.39 is 35.2 Å². The van der Waals surface area contributed by atoms with Crippen LogP contribution in [0.25, 0.3) is 5.69 Å². The Bertz CT molecular complexity index is 1630. The van der Waals surface area contributed by atoms with Crippen LogP contribution in [0.1, 0.15) is 22.4 Å². The molecule has 0 bridgehead atoms. The lowest BCUT2D eigenvalue weighted by molar-refractivity contribution is 0.445. The van der Waals surface area contributed by atoms with Crippen LogP contribution >= 0.6 is 11.6 Å². The molecule has 1 aliphatic rings. The number of nitrogens with one attached hydrogen (secondary N) is 1. The van der Waals surface area contributed by atoms with Crippen LogP contribution in [0.2, 0.25) is 5.02 Å². The Morgan fingerprint density at radius 1 is 1.08 bits per heavy atom. The largest absolute Gasteiger partial charge is 0.347 e. The van der Waals surface area contributed by atoms with Crippen LogP contribution in [0.3, 0.4) is 0 Å². The SMILES string of the molecule is N#CCn1c(N2Cc3cn[nH]c3C2)c(Cc2cc(F)c(F)c(F)c2)c(=O)n(-c2cncc(Cl)c2)c1=O. The molecule has 0 fully saturated rings. The molecule has 5 rings (SSSR count). The van der Waals surface area contributed by atoms with Crippen LogP contribution in [0, 0.1) is 28.8 Å². The van der Waals surface area contributed by atoms with Crippen molar-refractivity contribution < 1.29 is 13.2 Å². The maximum atomic E-state index is 14.0. The van der Waals surface area contributed by atoms with Gasteiger partial charge in [0, 0.05) is 24.7 Å². The van der Waals surface area contributed by atoms with Gasteiger partial charge in [-0.3, -0.25) is 19.4 Å². The van der Waals surface area contributed by atoms with Gasteiger partial charge in [0.05, 0.1) is 47.0 Å². The fourth-order valence-corrected chi connectivity index (χ4v) is 4.47. The molecule has 0 saturated heterocycles. The molecule has 0 unspecified atom stereocenters. The molecule has 4 heterocycles. The Labute approximate surface area is 205 Å². The molecule has 0 spiro atoms. The molecule has 0 saturated carbocycles. The van der Waals surface area contributed by atoms with Gasteiger partial charge in [-0.25, -0.2) is 22.5 Å². The molecule has 0 atom stereocenters. The first-order valence-electron chi connectivity index (χ1n) is 10.5. The van der Waals surface area contributed by atoms with Gasteiger partial charge in [-0.1, -0.05) is 11.6 Å². The van der Waals surface area contributed by atoms with Crippen molar-refractivity contribution in [3.8, 4) is 11.8 Å². The van der Waals surface area contributed by atoms with E-state index in [1.165, 1.54) is 18.5 Å². The summed E-state index contributed by atoms with van der Waals surface area (Å²) in [6, 6.07) is 4.83. The maximum absolute atomic E-state index is 14.0. The topological polar surface area (TPSA) is 113 Å². The second-order valence-electron chi connectivity index (χ2n) is 8.11. The molecule has 13 heteroatoms. The smallest absolute Gasteiger partial charge is 0.338 e. The Kier molecular flexibility index (Phi) is 5.85. The van der Waals surface area contributed by atoms with Crippen molar-refractivity contribution in [2.45, 2.75) is 26.1 Å². The molecule has 4 aromatic rings. The van der Waals surface area contributed by atoms with Gasteiger partial charge in [-0.2, -0.15) is 10.4 Å². The fourth-order valence-electron chi connectivity index (χ4n) is 4.30.